The molecule has 3 aromatic rings. The Morgan fingerprint density at radius 1 is 1.00 bits per heavy atom. The van der Waals surface area contributed by atoms with Crippen molar-refractivity contribution in [1.29, 1.82) is 0 Å². The molecule has 0 saturated carbocycles. The molecule has 168 valence electrons. The summed E-state index contributed by atoms with van der Waals surface area (Å²) in [5.41, 5.74) is 4.61. The van der Waals surface area contributed by atoms with Crippen molar-refractivity contribution >= 4 is 22.8 Å². The van der Waals surface area contributed by atoms with Crippen molar-refractivity contribution in [2.75, 3.05) is 5.32 Å². The van der Waals surface area contributed by atoms with Crippen LogP contribution in [-0.2, 0) is 23.1 Å². The normalized spacial score (nSPS) is 11.7. The van der Waals surface area contributed by atoms with E-state index in [1.165, 1.54) is 16.6 Å². The Morgan fingerprint density at radius 3 is 2.23 bits per heavy atom. The van der Waals surface area contributed by atoms with Gasteiger partial charge in [0.05, 0.1) is 0 Å². The number of aromatic amines is 1. The molecule has 0 atom stereocenters. The highest BCUT2D eigenvalue weighted by atomic mass is 16.2. The van der Waals surface area contributed by atoms with Crippen LogP contribution in [0.15, 0.2) is 36.7 Å². The second kappa shape index (κ2) is 10.1. The monoisotopic (exact) mass is 422 g/mol. The number of fused-ring (bicyclic) bond motifs is 1. The molecular weight excluding hydrogens is 384 g/mol. The number of carbonyl (C=O) groups is 1. The number of nitrogens with zero attached hydrogens (tertiary/aromatic N) is 2. The van der Waals surface area contributed by atoms with Crippen LogP contribution in [0, 0.1) is 5.41 Å². The summed E-state index contributed by atoms with van der Waals surface area (Å²) in [6.45, 7) is 16.7. The van der Waals surface area contributed by atoms with Gasteiger partial charge in [0.15, 0.2) is 0 Å². The SMILES string of the molecule is CCCc1cccnc1NC(=O)C(C)(C)C.CCc1c(C(C)(C)C)[nH]c2ncccc12. The van der Waals surface area contributed by atoms with E-state index in [4.69, 9.17) is 0 Å². The number of hydrogen-bond donors (Lipinski definition) is 2. The van der Waals surface area contributed by atoms with Gasteiger partial charge in [-0.1, -0.05) is 67.9 Å². The third-order valence-electron chi connectivity index (χ3n) is 5.11. The summed E-state index contributed by atoms with van der Waals surface area (Å²) in [5, 5.41) is 4.15. The molecule has 0 spiro atoms. The Labute approximate surface area is 187 Å². The minimum atomic E-state index is -0.388. The minimum Gasteiger partial charge on any atom is -0.343 e. The topological polar surface area (TPSA) is 70.7 Å². The van der Waals surface area contributed by atoms with E-state index in [0.717, 1.165) is 30.5 Å². The van der Waals surface area contributed by atoms with Crippen molar-refractivity contribution < 1.29 is 4.79 Å². The first-order valence-electron chi connectivity index (χ1n) is 11.2. The lowest BCUT2D eigenvalue weighted by atomic mass is 9.88. The Hall–Kier alpha value is -2.69. The number of anilines is 1. The third-order valence-corrected chi connectivity index (χ3v) is 5.11. The highest BCUT2D eigenvalue weighted by molar-refractivity contribution is 5.94. The molecule has 3 heterocycles. The van der Waals surface area contributed by atoms with Crippen LogP contribution in [0.3, 0.4) is 0 Å². The van der Waals surface area contributed by atoms with Crippen LogP contribution in [0.5, 0.6) is 0 Å². The summed E-state index contributed by atoms with van der Waals surface area (Å²) >= 11 is 0. The van der Waals surface area contributed by atoms with Crippen LogP contribution in [0.2, 0.25) is 0 Å². The number of rotatable bonds is 4. The maximum absolute atomic E-state index is 11.8. The van der Waals surface area contributed by atoms with Crippen LogP contribution in [0.1, 0.15) is 78.6 Å². The van der Waals surface area contributed by atoms with Gasteiger partial charge in [-0.15, -0.1) is 0 Å². The van der Waals surface area contributed by atoms with Crippen molar-refractivity contribution in [2.24, 2.45) is 5.41 Å². The van der Waals surface area contributed by atoms with Crippen LogP contribution in [0.4, 0.5) is 5.82 Å². The predicted molar refractivity (Wildman–Crippen MR) is 130 cm³/mol. The second-order valence-corrected chi connectivity index (χ2v) is 9.95. The van der Waals surface area contributed by atoms with Gasteiger partial charge in [0.2, 0.25) is 5.91 Å². The first kappa shape index (κ1) is 24.6. The standard InChI is InChI=1S/C13H20N2O.C13H18N2/c1-5-7-10-8-6-9-14-11(10)15-12(16)13(2,3)4;1-5-9-10-7-6-8-14-12(10)15-11(9)13(2,3)4/h6,8-9H,5,7H2,1-4H3,(H,14,15,16);6-8H,5H2,1-4H3,(H,14,15). The Bertz CT molecular complexity index is 1010. The lowest BCUT2D eigenvalue weighted by Gasteiger charge is -2.18. The number of nitrogens with one attached hydrogen (secondary N) is 2. The zero-order chi connectivity index (χ0) is 23.2. The largest absolute Gasteiger partial charge is 0.343 e. The number of aryl methyl sites for hydroxylation is 2. The van der Waals surface area contributed by atoms with Crippen LogP contribution < -0.4 is 5.32 Å². The number of amides is 1. The molecule has 2 N–H and O–H groups in total. The quantitative estimate of drug-likeness (QED) is 0.508. The van der Waals surface area contributed by atoms with Crippen molar-refractivity contribution in [1.82, 2.24) is 15.0 Å². The summed E-state index contributed by atoms with van der Waals surface area (Å²) < 4.78 is 0. The molecule has 5 nitrogen and oxygen atoms in total. The lowest BCUT2D eigenvalue weighted by molar-refractivity contribution is -0.123. The fraction of sp³-hybridized carbons (Fsp3) is 0.500. The summed E-state index contributed by atoms with van der Waals surface area (Å²) in [4.78, 5) is 23.9. The van der Waals surface area contributed by atoms with E-state index in [1.807, 2.05) is 45.2 Å². The van der Waals surface area contributed by atoms with Crippen LogP contribution >= 0.6 is 0 Å². The second-order valence-electron chi connectivity index (χ2n) is 9.95. The van der Waals surface area contributed by atoms with Crippen LogP contribution in [0.25, 0.3) is 11.0 Å². The molecule has 0 bridgehead atoms. The molecule has 5 heteroatoms. The molecule has 0 fully saturated rings. The van der Waals surface area contributed by atoms with E-state index < -0.39 is 0 Å². The smallest absolute Gasteiger partial charge is 0.230 e. The minimum absolute atomic E-state index is 0.00329. The Balaban J connectivity index is 0.000000220. The van der Waals surface area contributed by atoms with Crippen molar-refractivity contribution in [3.63, 3.8) is 0 Å². The molecule has 0 aliphatic rings. The fourth-order valence-corrected chi connectivity index (χ4v) is 3.40. The third kappa shape index (κ3) is 6.39. The van der Waals surface area contributed by atoms with Crippen molar-refractivity contribution in [3.05, 3.63) is 53.5 Å². The maximum Gasteiger partial charge on any atom is 0.230 e. The van der Waals surface area contributed by atoms with Gasteiger partial charge in [-0.05, 0) is 42.2 Å². The zero-order valence-corrected chi connectivity index (χ0v) is 20.4. The maximum atomic E-state index is 11.8. The summed E-state index contributed by atoms with van der Waals surface area (Å²) in [6.07, 6.45) is 6.58. The van der Waals surface area contributed by atoms with Gasteiger partial charge < -0.3 is 10.3 Å². The van der Waals surface area contributed by atoms with Crippen molar-refractivity contribution in [2.45, 2.75) is 80.1 Å². The molecule has 0 unspecified atom stereocenters. The van der Waals surface area contributed by atoms with Gasteiger partial charge in [-0.2, -0.15) is 0 Å². The average molecular weight is 423 g/mol. The Morgan fingerprint density at radius 2 is 1.65 bits per heavy atom. The highest BCUT2D eigenvalue weighted by Crippen LogP contribution is 2.30. The van der Waals surface area contributed by atoms with E-state index in [9.17, 15) is 4.79 Å². The molecule has 0 aliphatic carbocycles. The molecule has 0 saturated heterocycles. The van der Waals surface area contributed by atoms with E-state index in [-0.39, 0.29) is 16.7 Å². The molecule has 1 amide bonds. The summed E-state index contributed by atoms with van der Waals surface area (Å²) in [7, 11) is 0. The number of hydrogen-bond acceptors (Lipinski definition) is 3. The first-order chi connectivity index (χ1) is 14.5. The van der Waals surface area contributed by atoms with Gasteiger partial charge in [-0.3, -0.25) is 4.79 Å². The number of carbonyl (C=O) groups excluding carboxylic acids is 1. The predicted octanol–water partition coefficient (Wildman–Crippen LogP) is 6.44. The molecule has 3 rings (SSSR count). The van der Waals surface area contributed by atoms with E-state index in [2.05, 4.69) is 61.0 Å². The average Bonchev–Trinajstić information content (AvgIpc) is 3.09. The first-order valence-corrected chi connectivity index (χ1v) is 11.2. The van der Waals surface area contributed by atoms with E-state index in [1.54, 1.807) is 6.20 Å². The molecular formula is C26H38N4O. The highest BCUT2D eigenvalue weighted by Gasteiger charge is 2.22. The molecule has 0 aliphatic heterocycles. The van der Waals surface area contributed by atoms with Gasteiger partial charge in [0.1, 0.15) is 11.5 Å². The summed E-state index contributed by atoms with van der Waals surface area (Å²) in [5.74, 6) is 0.702. The van der Waals surface area contributed by atoms with E-state index in [0.29, 0.717) is 5.82 Å². The van der Waals surface area contributed by atoms with Gasteiger partial charge in [0, 0.05) is 34.3 Å². The Kier molecular flexibility index (Phi) is 7.99. The number of aromatic nitrogens is 3. The van der Waals surface area contributed by atoms with Gasteiger partial charge >= 0.3 is 0 Å². The van der Waals surface area contributed by atoms with Gasteiger partial charge in [0.25, 0.3) is 0 Å². The van der Waals surface area contributed by atoms with Gasteiger partial charge in [-0.25, -0.2) is 9.97 Å². The molecule has 3 aromatic heterocycles. The lowest BCUT2D eigenvalue weighted by Crippen LogP contribution is -2.28. The van der Waals surface area contributed by atoms with E-state index >= 15 is 0 Å². The number of H-pyrrole nitrogens is 1. The molecule has 0 radical (unpaired) electrons. The molecule has 31 heavy (non-hydrogen) atoms. The molecule has 0 aromatic carbocycles. The van der Waals surface area contributed by atoms with Crippen LogP contribution in [-0.4, -0.2) is 20.9 Å². The van der Waals surface area contributed by atoms with Crippen molar-refractivity contribution in [3.8, 4) is 0 Å². The number of pyridine rings is 2. The fourth-order valence-electron chi connectivity index (χ4n) is 3.40. The zero-order valence-electron chi connectivity index (χ0n) is 20.4. The summed E-state index contributed by atoms with van der Waals surface area (Å²) in [6, 6.07) is 8.06.